The number of rotatable bonds is 4. The summed E-state index contributed by atoms with van der Waals surface area (Å²) in [6.07, 6.45) is 1.89. The van der Waals surface area contributed by atoms with Gasteiger partial charge in [0, 0.05) is 49.8 Å². The van der Waals surface area contributed by atoms with E-state index in [4.69, 9.17) is 0 Å². The largest absolute Gasteiger partial charge is 0.298 e. The molecular formula is C14H21FN6. The summed E-state index contributed by atoms with van der Waals surface area (Å²) in [5.74, 6) is 1.55. The minimum Gasteiger partial charge on any atom is -0.298 e. The highest BCUT2D eigenvalue weighted by Gasteiger charge is 2.36. The van der Waals surface area contributed by atoms with Gasteiger partial charge < -0.3 is 0 Å². The molecule has 0 aliphatic carbocycles. The van der Waals surface area contributed by atoms with Crippen molar-refractivity contribution in [1.29, 1.82) is 0 Å². The second-order valence-electron chi connectivity index (χ2n) is 5.87. The molecule has 114 valence electrons. The van der Waals surface area contributed by atoms with E-state index >= 15 is 0 Å². The van der Waals surface area contributed by atoms with E-state index in [1.165, 1.54) is 5.56 Å². The van der Waals surface area contributed by atoms with Gasteiger partial charge in [0.05, 0.1) is 12.9 Å². The highest BCUT2D eigenvalue weighted by molar-refractivity contribution is 5.16. The zero-order chi connectivity index (χ0) is 15.0. The third kappa shape index (κ3) is 2.70. The molecule has 0 spiro atoms. The van der Waals surface area contributed by atoms with Crippen LogP contribution in [0.3, 0.4) is 0 Å². The molecule has 1 N–H and O–H groups in total. The van der Waals surface area contributed by atoms with Crippen LogP contribution in [0.15, 0.2) is 6.20 Å². The molecule has 0 radical (unpaired) electrons. The number of aromatic amines is 1. The molecule has 2 aromatic heterocycles. The lowest BCUT2D eigenvalue weighted by molar-refractivity contribution is 0.295. The average Bonchev–Trinajstić information content (AvgIpc) is 3.14. The maximum absolute atomic E-state index is 13.3. The number of likely N-dealkylation sites (tertiary alicyclic amines) is 1. The number of aromatic nitrogens is 5. The molecule has 0 bridgehead atoms. The van der Waals surface area contributed by atoms with Crippen LogP contribution in [-0.2, 0) is 13.6 Å². The first-order valence-electron chi connectivity index (χ1n) is 7.23. The van der Waals surface area contributed by atoms with Crippen molar-refractivity contribution in [3.63, 3.8) is 0 Å². The van der Waals surface area contributed by atoms with Gasteiger partial charge in [0.15, 0.2) is 5.82 Å². The van der Waals surface area contributed by atoms with E-state index in [1.54, 1.807) is 0 Å². The lowest BCUT2D eigenvalue weighted by Gasteiger charge is -2.14. The van der Waals surface area contributed by atoms with Gasteiger partial charge >= 0.3 is 0 Å². The topological polar surface area (TPSA) is 62.6 Å². The van der Waals surface area contributed by atoms with Crippen molar-refractivity contribution >= 4 is 0 Å². The highest BCUT2D eigenvalue weighted by atomic mass is 19.1. The van der Waals surface area contributed by atoms with Crippen LogP contribution in [0.1, 0.15) is 28.8 Å². The number of nitrogens with zero attached hydrogens (tertiary/aromatic N) is 5. The molecule has 0 amide bonds. The van der Waals surface area contributed by atoms with Crippen molar-refractivity contribution in [2.45, 2.75) is 26.3 Å². The monoisotopic (exact) mass is 292 g/mol. The molecule has 6 nitrogen and oxygen atoms in total. The van der Waals surface area contributed by atoms with Crippen molar-refractivity contribution in [3.05, 3.63) is 29.1 Å². The van der Waals surface area contributed by atoms with E-state index in [9.17, 15) is 4.39 Å². The Balaban J connectivity index is 1.73. The van der Waals surface area contributed by atoms with Gasteiger partial charge in [-0.05, 0) is 13.8 Å². The van der Waals surface area contributed by atoms with Crippen molar-refractivity contribution in [3.8, 4) is 0 Å². The maximum Gasteiger partial charge on any atom is 0.155 e. The summed E-state index contributed by atoms with van der Waals surface area (Å²) in [7, 11) is 1.94. The quantitative estimate of drug-likeness (QED) is 0.923. The number of hydrogen-bond donors (Lipinski definition) is 1. The standard InChI is InChI=1S/C14H21FN6/c1-9-12(5-16-20(9)3)7-21-6-11(4-15)13(8-21)14-17-10(2)18-19-14/h5,11,13H,4,6-8H2,1-3H3,(H,17,18,19)/t11-,13-/m1/s1. The van der Waals surface area contributed by atoms with Crippen LogP contribution >= 0.6 is 0 Å². The van der Waals surface area contributed by atoms with Gasteiger partial charge in [-0.3, -0.25) is 19.1 Å². The normalized spacial score (nSPS) is 23.0. The second-order valence-corrected chi connectivity index (χ2v) is 5.87. The van der Waals surface area contributed by atoms with E-state index < -0.39 is 0 Å². The molecule has 1 aliphatic rings. The molecule has 7 heteroatoms. The molecule has 2 aromatic rings. The Kier molecular flexibility index (Phi) is 3.75. The predicted molar refractivity (Wildman–Crippen MR) is 76.5 cm³/mol. The molecule has 3 heterocycles. The Morgan fingerprint density at radius 2 is 2.19 bits per heavy atom. The number of alkyl halides is 1. The van der Waals surface area contributed by atoms with Gasteiger partial charge in [0.2, 0.25) is 0 Å². The molecule has 21 heavy (non-hydrogen) atoms. The zero-order valence-corrected chi connectivity index (χ0v) is 12.7. The summed E-state index contributed by atoms with van der Waals surface area (Å²) in [6, 6.07) is 0. The van der Waals surface area contributed by atoms with Crippen molar-refractivity contribution in [2.24, 2.45) is 13.0 Å². The zero-order valence-electron chi connectivity index (χ0n) is 12.7. The Morgan fingerprint density at radius 1 is 1.38 bits per heavy atom. The third-order valence-electron chi connectivity index (χ3n) is 4.39. The molecule has 2 atom stereocenters. The van der Waals surface area contributed by atoms with Crippen molar-refractivity contribution in [2.75, 3.05) is 19.8 Å². The van der Waals surface area contributed by atoms with Crippen LogP contribution < -0.4 is 0 Å². The molecule has 0 aromatic carbocycles. The number of hydrogen-bond acceptors (Lipinski definition) is 4. The first-order valence-corrected chi connectivity index (χ1v) is 7.23. The van der Waals surface area contributed by atoms with E-state index in [2.05, 4.69) is 32.1 Å². The van der Waals surface area contributed by atoms with E-state index in [-0.39, 0.29) is 18.5 Å². The Labute approximate surface area is 123 Å². The molecule has 1 fully saturated rings. The van der Waals surface area contributed by atoms with Crippen molar-refractivity contribution < 1.29 is 4.39 Å². The van der Waals surface area contributed by atoms with Crippen LogP contribution in [0, 0.1) is 19.8 Å². The fraction of sp³-hybridized carbons (Fsp3) is 0.643. The average molecular weight is 292 g/mol. The summed E-state index contributed by atoms with van der Waals surface area (Å²) >= 11 is 0. The molecule has 0 unspecified atom stereocenters. The number of aryl methyl sites for hydroxylation is 2. The lowest BCUT2D eigenvalue weighted by Crippen LogP contribution is -2.21. The van der Waals surface area contributed by atoms with Crippen LogP contribution in [-0.4, -0.2) is 49.6 Å². The van der Waals surface area contributed by atoms with Gasteiger partial charge in [-0.1, -0.05) is 0 Å². The van der Waals surface area contributed by atoms with Gasteiger partial charge in [-0.25, -0.2) is 4.98 Å². The fourth-order valence-electron chi connectivity index (χ4n) is 3.00. The van der Waals surface area contributed by atoms with E-state index in [0.717, 1.165) is 37.0 Å². The van der Waals surface area contributed by atoms with E-state index in [1.807, 2.05) is 24.9 Å². The maximum atomic E-state index is 13.3. The third-order valence-corrected chi connectivity index (χ3v) is 4.39. The Bertz CT molecular complexity index is 619. The fourth-order valence-corrected chi connectivity index (χ4v) is 3.00. The van der Waals surface area contributed by atoms with Crippen LogP contribution in [0.5, 0.6) is 0 Å². The Hall–Kier alpha value is -1.76. The molecule has 0 saturated carbocycles. The summed E-state index contributed by atoms with van der Waals surface area (Å²) in [4.78, 5) is 6.65. The minimum atomic E-state index is -0.333. The first kappa shape index (κ1) is 14.2. The minimum absolute atomic E-state index is 0.0304. The van der Waals surface area contributed by atoms with Crippen LogP contribution in [0.2, 0.25) is 0 Å². The summed E-state index contributed by atoms with van der Waals surface area (Å²) in [6.45, 7) is 5.92. The highest BCUT2D eigenvalue weighted by Crippen LogP contribution is 2.32. The van der Waals surface area contributed by atoms with Gasteiger partial charge in [-0.15, -0.1) is 0 Å². The smallest absolute Gasteiger partial charge is 0.155 e. The summed E-state index contributed by atoms with van der Waals surface area (Å²) in [5, 5.41) is 11.3. The van der Waals surface area contributed by atoms with Gasteiger partial charge in [0.25, 0.3) is 0 Å². The van der Waals surface area contributed by atoms with Crippen LogP contribution in [0.25, 0.3) is 0 Å². The first-order chi connectivity index (χ1) is 10.1. The molecule has 1 saturated heterocycles. The van der Waals surface area contributed by atoms with Crippen molar-refractivity contribution in [1.82, 2.24) is 29.9 Å². The second kappa shape index (κ2) is 5.55. The van der Waals surface area contributed by atoms with Gasteiger partial charge in [-0.2, -0.15) is 10.2 Å². The molecule has 1 aliphatic heterocycles. The molecule has 3 rings (SSSR count). The van der Waals surface area contributed by atoms with Gasteiger partial charge in [0.1, 0.15) is 5.82 Å². The summed E-state index contributed by atoms with van der Waals surface area (Å²) in [5.41, 5.74) is 2.35. The number of H-pyrrole nitrogens is 1. The Morgan fingerprint density at radius 3 is 2.76 bits per heavy atom. The number of nitrogens with one attached hydrogen (secondary N) is 1. The predicted octanol–water partition coefficient (Wildman–Crippen LogP) is 1.34. The number of halogens is 1. The van der Waals surface area contributed by atoms with E-state index in [0.29, 0.717) is 0 Å². The summed E-state index contributed by atoms with van der Waals surface area (Å²) < 4.78 is 15.2. The SMILES string of the molecule is Cc1nc([C@@H]2CN(Cc3cnn(C)c3C)C[C@H]2CF)n[nH]1. The lowest BCUT2D eigenvalue weighted by atomic mass is 9.97. The molecular weight excluding hydrogens is 271 g/mol. The van der Waals surface area contributed by atoms with Crippen LogP contribution in [0.4, 0.5) is 4.39 Å².